The van der Waals surface area contributed by atoms with Crippen LogP contribution in [0.2, 0.25) is 0 Å². The molecule has 8 atom stereocenters. The van der Waals surface area contributed by atoms with Gasteiger partial charge in [0.15, 0.2) is 18.0 Å². The van der Waals surface area contributed by atoms with Crippen molar-refractivity contribution in [3.05, 3.63) is 54.5 Å². The van der Waals surface area contributed by atoms with Crippen LogP contribution in [0.25, 0.3) is 5.52 Å². The van der Waals surface area contributed by atoms with Crippen molar-refractivity contribution in [2.45, 2.75) is 115 Å². The van der Waals surface area contributed by atoms with E-state index in [1.54, 1.807) is 58.0 Å². The van der Waals surface area contributed by atoms with Gasteiger partial charge < -0.3 is 40.7 Å². The number of nitrogen functional groups attached to an aromatic ring is 1. The Kier molecular flexibility index (Phi) is 13.7. The summed E-state index contributed by atoms with van der Waals surface area (Å²) in [5.41, 5.74) is 16.7. The number of nitrogens with two attached hydrogens (primary N) is 3. The van der Waals surface area contributed by atoms with Gasteiger partial charge in [0.05, 0.1) is 5.69 Å². The van der Waals surface area contributed by atoms with Crippen LogP contribution in [0.5, 0.6) is 5.75 Å². The average Bonchev–Trinajstić information content (AvgIpc) is 3.74. The van der Waals surface area contributed by atoms with E-state index in [0.29, 0.717) is 18.4 Å². The SMILES string of the molecule is CC(C)C(N)C(=O)O[C@H]1[C@H](c2ccc3c(N)ncnn23)O[C@](C#N)(CO[P@@](=O)(N[C@@H](C)C(=O)OC2CCCCC2)Oc2ccccc2)[C@H]1OC(=O)[C@H](N)C(C)C. The number of carbonyl (C=O) groups excluding carboxylic acids is 3. The summed E-state index contributed by atoms with van der Waals surface area (Å²) < 4.78 is 52.0. The van der Waals surface area contributed by atoms with Gasteiger partial charge in [0, 0.05) is 0 Å². The number of hydrogen-bond donors (Lipinski definition) is 4. The highest BCUT2D eigenvalue weighted by molar-refractivity contribution is 7.52. The van der Waals surface area contributed by atoms with E-state index in [1.807, 2.05) is 6.07 Å². The zero-order valence-electron chi connectivity index (χ0n) is 32.1. The van der Waals surface area contributed by atoms with E-state index in [9.17, 15) is 24.2 Å². The summed E-state index contributed by atoms with van der Waals surface area (Å²) in [7, 11) is -4.63. The molecule has 19 heteroatoms. The van der Waals surface area contributed by atoms with Crippen LogP contribution in [-0.2, 0) is 42.4 Å². The van der Waals surface area contributed by atoms with Crippen LogP contribution in [0, 0.1) is 23.2 Å². The van der Waals surface area contributed by atoms with Crippen LogP contribution in [0.4, 0.5) is 5.82 Å². The second-order valence-corrected chi connectivity index (χ2v) is 16.5. The lowest BCUT2D eigenvalue weighted by atomic mass is 9.95. The number of esters is 3. The topological polar surface area (TPSA) is 268 Å². The third-order valence-electron chi connectivity index (χ3n) is 9.82. The number of hydrogen-bond acceptors (Lipinski definition) is 16. The molecule has 2 aromatic heterocycles. The minimum absolute atomic E-state index is 0.102. The van der Waals surface area contributed by atoms with Crippen molar-refractivity contribution in [1.82, 2.24) is 19.7 Å². The van der Waals surface area contributed by atoms with E-state index in [-0.39, 0.29) is 29.3 Å². The molecular formula is C37H51N8O10P. The Hall–Kier alpha value is -4.63. The molecule has 1 saturated carbocycles. The minimum atomic E-state index is -4.63. The normalized spacial score (nSPS) is 24.2. The molecule has 2 aliphatic rings. The maximum absolute atomic E-state index is 14.7. The molecule has 56 heavy (non-hydrogen) atoms. The molecule has 1 aromatic carbocycles. The summed E-state index contributed by atoms with van der Waals surface area (Å²) in [6, 6.07) is 9.68. The summed E-state index contributed by atoms with van der Waals surface area (Å²) in [6.07, 6.45) is 0.487. The van der Waals surface area contributed by atoms with Crippen LogP contribution >= 0.6 is 7.75 Å². The zero-order valence-corrected chi connectivity index (χ0v) is 33.0. The first-order valence-corrected chi connectivity index (χ1v) is 20.2. The van der Waals surface area contributed by atoms with Crippen molar-refractivity contribution in [3.8, 4) is 11.8 Å². The Morgan fingerprint density at radius 2 is 1.61 bits per heavy atom. The van der Waals surface area contributed by atoms with Crippen LogP contribution in [0.15, 0.2) is 48.8 Å². The van der Waals surface area contributed by atoms with Gasteiger partial charge in [-0.05, 0) is 68.7 Å². The molecule has 1 saturated heterocycles. The van der Waals surface area contributed by atoms with Crippen molar-refractivity contribution < 1.29 is 46.9 Å². The van der Waals surface area contributed by atoms with Gasteiger partial charge in [-0.3, -0.25) is 18.9 Å². The van der Waals surface area contributed by atoms with Crippen molar-refractivity contribution >= 4 is 37.0 Å². The van der Waals surface area contributed by atoms with E-state index in [4.69, 9.17) is 45.2 Å². The molecule has 0 spiro atoms. The van der Waals surface area contributed by atoms with Crippen LogP contribution in [-0.4, -0.2) is 81.2 Å². The maximum atomic E-state index is 14.7. The highest BCUT2D eigenvalue weighted by Gasteiger charge is 2.62. The fraction of sp³-hybridized carbons (Fsp3) is 0.568. The van der Waals surface area contributed by atoms with Gasteiger partial charge in [-0.2, -0.15) is 15.4 Å². The molecule has 5 rings (SSSR count). The van der Waals surface area contributed by atoms with E-state index >= 15 is 0 Å². The first-order valence-electron chi connectivity index (χ1n) is 18.6. The van der Waals surface area contributed by atoms with Crippen molar-refractivity contribution in [1.29, 1.82) is 5.26 Å². The van der Waals surface area contributed by atoms with Gasteiger partial charge >= 0.3 is 25.7 Å². The standard InChI is InChI=1S/C37H51N8O10P/c1-21(2)28(39)35(47)52-31-30(26-16-17-27-33(41)42-20-43-45(26)27)54-37(18-38,32(31)53-36(48)29(40)22(3)4)19-50-56(49,55-25-14-10-7-11-15-25)44-23(5)34(46)51-24-12-8-6-9-13-24/h7,10-11,14-17,20-24,28-32H,6,8-9,12-13,19,39-40H2,1-5H3,(H,44,49)(H2,41,42,43)/t23-,28?,29+,30-,31-,32-,37+,56-/m0/s1. The fourth-order valence-corrected chi connectivity index (χ4v) is 7.84. The number of nitrogens with one attached hydrogen (secondary N) is 1. The number of nitrogens with zero attached hydrogens (tertiary/aromatic N) is 4. The van der Waals surface area contributed by atoms with Gasteiger partial charge in [-0.1, -0.05) is 52.3 Å². The fourth-order valence-electron chi connectivity index (χ4n) is 6.32. The number of aromatic nitrogens is 3. The number of benzene rings is 1. The molecule has 304 valence electrons. The molecule has 1 unspecified atom stereocenters. The molecule has 0 bridgehead atoms. The molecule has 3 heterocycles. The van der Waals surface area contributed by atoms with Crippen LogP contribution < -0.4 is 26.8 Å². The molecule has 0 radical (unpaired) electrons. The van der Waals surface area contributed by atoms with Gasteiger partial charge in [0.1, 0.15) is 60.6 Å². The van der Waals surface area contributed by atoms with Crippen molar-refractivity contribution in [3.63, 3.8) is 0 Å². The lowest BCUT2D eigenvalue weighted by Gasteiger charge is -2.32. The predicted molar refractivity (Wildman–Crippen MR) is 201 cm³/mol. The van der Waals surface area contributed by atoms with Crippen molar-refractivity contribution in [2.24, 2.45) is 23.3 Å². The molecule has 18 nitrogen and oxygen atoms in total. The first-order chi connectivity index (χ1) is 26.6. The summed E-state index contributed by atoms with van der Waals surface area (Å²) >= 11 is 0. The number of nitriles is 1. The third kappa shape index (κ3) is 9.66. The van der Waals surface area contributed by atoms with E-state index < -0.39 is 80.2 Å². The Bertz CT molecular complexity index is 1930. The van der Waals surface area contributed by atoms with E-state index in [2.05, 4.69) is 15.2 Å². The summed E-state index contributed by atoms with van der Waals surface area (Å²) in [4.78, 5) is 44.4. The first kappa shape index (κ1) is 42.5. The number of rotatable bonds is 16. The third-order valence-corrected chi connectivity index (χ3v) is 11.4. The number of para-hydroxylation sites is 1. The van der Waals surface area contributed by atoms with Crippen LogP contribution in [0.1, 0.15) is 78.5 Å². The Balaban J connectivity index is 1.55. The molecule has 1 aliphatic heterocycles. The largest absolute Gasteiger partial charge is 0.461 e. The van der Waals surface area contributed by atoms with Gasteiger partial charge in [-0.15, -0.1) is 0 Å². The molecule has 3 aromatic rings. The molecule has 2 fully saturated rings. The van der Waals surface area contributed by atoms with E-state index in [0.717, 1.165) is 19.3 Å². The predicted octanol–water partition coefficient (Wildman–Crippen LogP) is 3.49. The Morgan fingerprint density at radius 3 is 2.23 bits per heavy atom. The lowest BCUT2D eigenvalue weighted by Crippen LogP contribution is -2.53. The number of fused-ring (bicyclic) bond motifs is 1. The molecular weight excluding hydrogens is 747 g/mol. The number of ether oxygens (including phenoxy) is 4. The van der Waals surface area contributed by atoms with Crippen LogP contribution in [0.3, 0.4) is 0 Å². The molecule has 0 amide bonds. The average molecular weight is 799 g/mol. The molecule has 7 N–H and O–H groups in total. The van der Waals surface area contributed by atoms with Gasteiger partial charge in [0.2, 0.25) is 5.60 Å². The summed E-state index contributed by atoms with van der Waals surface area (Å²) in [5.74, 6) is -3.09. The smallest absolute Gasteiger partial charge is 0.459 e. The Labute approximate surface area is 325 Å². The highest BCUT2D eigenvalue weighted by atomic mass is 31.2. The summed E-state index contributed by atoms with van der Waals surface area (Å²) in [5, 5.41) is 17.9. The number of anilines is 1. The van der Waals surface area contributed by atoms with Gasteiger partial charge in [0.25, 0.3) is 0 Å². The monoisotopic (exact) mass is 798 g/mol. The Morgan fingerprint density at radius 1 is 0.964 bits per heavy atom. The molecule has 1 aliphatic carbocycles. The van der Waals surface area contributed by atoms with Gasteiger partial charge in [-0.25, -0.2) is 14.1 Å². The minimum Gasteiger partial charge on any atom is -0.461 e. The zero-order chi connectivity index (χ0) is 40.8. The second-order valence-electron chi connectivity index (χ2n) is 14.8. The number of carbonyl (C=O) groups is 3. The van der Waals surface area contributed by atoms with Crippen molar-refractivity contribution in [2.75, 3.05) is 12.3 Å². The highest BCUT2D eigenvalue weighted by Crippen LogP contribution is 2.50. The maximum Gasteiger partial charge on any atom is 0.459 e. The quantitative estimate of drug-likeness (QED) is 0.0917. The van der Waals surface area contributed by atoms with E-state index in [1.165, 1.54) is 29.9 Å². The second kappa shape index (κ2) is 18.1. The summed E-state index contributed by atoms with van der Waals surface area (Å²) in [6.45, 7) is 7.34. The lowest BCUT2D eigenvalue weighted by molar-refractivity contribution is -0.172.